The maximum atomic E-state index is 13.9. The van der Waals surface area contributed by atoms with Crippen LogP contribution in [0.2, 0.25) is 0 Å². The molecule has 0 radical (unpaired) electrons. The number of sulfonamides is 1. The Hall–Kier alpha value is -2.53. The molecule has 0 unspecified atom stereocenters. The summed E-state index contributed by atoms with van der Waals surface area (Å²) in [5.41, 5.74) is -0.612. The number of benzene rings is 1. The van der Waals surface area contributed by atoms with E-state index in [0.717, 1.165) is 12.8 Å². The largest absolute Gasteiger partial charge is 0.490 e. The molecule has 31 heavy (non-hydrogen) atoms. The van der Waals surface area contributed by atoms with Gasteiger partial charge in [0.25, 0.3) is 0 Å². The topological polar surface area (TPSA) is 123 Å². The second-order valence-corrected chi connectivity index (χ2v) is 9.71. The summed E-state index contributed by atoms with van der Waals surface area (Å²) in [6.45, 7) is 2.51. The van der Waals surface area contributed by atoms with Crippen LogP contribution in [0.3, 0.4) is 0 Å². The Morgan fingerprint density at radius 3 is 2.77 bits per heavy atom. The van der Waals surface area contributed by atoms with Crippen LogP contribution in [-0.2, 0) is 16.6 Å². The van der Waals surface area contributed by atoms with Gasteiger partial charge >= 0.3 is 11.4 Å². The zero-order chi connectivity index (χ0) is 22.4. The van der Waals surface area contributed by atoms with Gasteiger partial charge in [-0.3, -0.25) is 9.55 Å². The van der Waals surface area contributed by atoms with Crippen molar-refractivity contribution >= 4 is 10.0 Å². The molecule has 1 atom stereocenters. The predicted octanol–water partition coefficient (Wildman–Crippen LogP) is 1.71. The standard InChI is InChI=1S/C20H27FN4O5S/c1-14(16-7-8-17(21)18(11-16)30-12-15-5-6-15)24-31(28,29)10-4-2-3-9-25-13-22-19(26)23-20(25)27/h7-8,11,13-15,24H,2-6,9-10,12H2,1H3,(H,23,26,27)/t14-/m1/s1. The number of hydrogen-bond acceptors (Lipinski definition) is 6. The van der Waals surface area contributed by atoms with Crippen molar-refractivity contribution in [3.63, 3.8) is 0 Å². The van der Waals surface area contributed by atoms with Crippen LogP contribution in [0.4, 0.5) is 4.39 Å². The lowest BCUT2D eigenvalue weighted by Crippen LogP contribution is -2.31. The van der Waals surface area contributed by atoms with Gasteiger partial charge in [-0.1, -0.05) is 12.5 Å². The molecule has 2 aromatic rings. The number of halogens is 1. The average Bonchev–Trinajstić information content (AvgIpc) is 3.52. The van der Waals surface area contributed by atoms with E-state index in [2.05, 4.69) is 14.7 Å². The third kappa shape index (κ3) is 7.28. The lowest BCUT2D eigenvalue weighted by atomic mass is 10.1. The third-order valence-corrected chi connectivity index (χ3v) is 6.62. The number of H-pyrrole nitrogens is 1. The molecule has 0 saturated heterocycles. The van der Waals surface area contributed by atoms with Crippen LogP contribution in [0.5, 0.6) is 5.75 Å². The molecule has 9 nitrogen and oxygen atoms in total. The van der Waals surface area contributed by atoms with Crippen molar-refractivity contribution in [2.45, 2.75) is 51.6 Å². The number of aromatic nitrogens is 3. The number of aromatic amines is 1. The molecule has 1 saturated carbocycles. The van der Waals surface area contributed by atoms with Gasteiger partial charge < -0.3 is 4.74 Å². The molecule has 0 amide bonds. The Morgan fingerprint density at radius 1 is 1.29 bits per heavy atom. The van der Waals surface area contributed by atoms with Crippen LogP contribution in [0, 0.1) is 11.7 Å². The second kappa shape index (κ2) is 10.2. The van der Waals surface area contributed by atoms with Crippen LogP contribution < -0.4 is 20.8 Å². The fraction of sp³-hybridized carbons (Fsp3) is 0.550. The molecule has 1 aromatic carbocycles. The van der Waals surface area contributed by atoms with Gasteiger partial charge in [0, 0.05) is 12.6 Å². The molecular weight excluding hydrogens is 427 g/mol. The first-order valence-electron chi connectivity index (χ1n) is 10.3. The maximum absolute atomic E-state index is 13.9. The SMILES string of the molecule is C[C@@H](NS(=O)(=O)CCCCCn1cnc(=O)[nH]c1=O)c1ccc(F)c(OCC2CC2)c1. The summed E-state index contributed by atoms with van der Waals surface area (Å²) < 4.78 is 48.1. The number of aryl methyl sites for hydroxylation is 1. The van der Waals surface area contributed by atoms with E-state index in [0.29, 0.717) is 43.9 Å². The molecule has 11 heteroatoms. The Morgan fingerprint density at radius 2 is 2.06 bits per heavy atom. The van der Waals surface area contributed by atoms with Crippen molar-refractivity contribution in [2.24, 2.45) is 5.92 Å². The van der Waals surface area contributed by atoms with Crippen LogP contribution in [0.25, 0.3) is 0 Å². The lowest BCUT2D eigenvalue weighted by Gasteiger charge is -2.16. The minimum atomic E-state index is -3.54. The van der Waals surface area contributed by atoms with E-state index in [4.69, 9.17) is 4.74 Å². The molecule has 3 rings (SSSR count). The molecule has 0 spiro atoms. The second-order valence-electron chi connectivity index (χ2n) is 7.84. The summed E-state index contributed by atoms with van der Waals surface area (Å²) in [6.07, 6.45) is 4.92. The first-order chi connectivity index (χ1) is 14.7. The molecule has 1 fully saturated rings. The first-order valence-corrected chi connectivity index (χ1v) is 12.0. The molecule has 1 aromatic heterocycles. The van der Waals surface area contributed by atoms with Crippen LogP contribution in [0.15, 0.2) is 34.1 Å². The number of nitrogens with one attached hydrogen (secondary N) is 2. The van der Waals surface area contributed by atoms with Crippen LogP contribution >= 0.6 is 0 Å². The molecule has 0 aliphatic heterocycles. The summed E-state index contributed by atoms with van der Waals surface area (Å²) in [7, 11) is -3.54. The normalized spacial score (nSPS) is 15.0. The third-order valence-electron chi connectivity index (χ3n) is 5.08. The van der Waals surface area contributed by atoms with Crippen molar-refractivity contribution in [1.82, 2.24) is 19.3 Å². The van der Waals surface area contributed by atoms with Gasteiger partial charge in [-0.25, -0.2) is 27.1 Å². The highest BCUT2D eigenvalue weighted by molar-refractivity contribution is 7.89. The van der Waals surface area contributed by atoms with Gasteiger partial charge in [0.1, 0.15) is 6.33 Å². The number of nitrogens with zero attached hydrogens (tertiary/aromatic N) is 2. The number of rotatable bonds is 12. The summed E-state index contributed by atoms with van der Waals surface area (Å²) >= 11 is 0. The van der Waals surface area contributed by atoms with Gasteiger partial charge in [0.15, 0.2) is 11.6 Å². The average molecular weight is 455 g/mol. The predicted molar refractivity (Wildman–Crippen MR) is 113 cm³/mol. The molecule has 170 valence electrons. The Bertz CT molecular complexity index is 1110. The number of hydrogen-bond donors (Lipinski definition) is 2. The Kier molecular flexibility index (Phi) is 7.60. The zero-order valence-corrected chi connectivity index (χ0v) is 18.2. The van der Waals surface area contributed by atoms with E-state index >= 15 is 0 Å². The van der Waals surface area contributed by atoms with Crippen molar-refractivity contribution in [3.05, 3.63) is 56.9 Å². The van der Waals surface area contributed by atoms with E-state index in [1.165, 1.54) is 17.0 Å². The van der Waals surface area contributed by atoms with Crippen LogP contribution in [0.1, 0.15) is 50.6 Å². The van der Waals surface area contributed by atoms with E-state index in [1.54, 1.807) is 19.1 Å². The Balaban J connectivity index is 1.45. The lowest BCUT2D eigenvalue weighted by molar-refractivity contribution is 0.285. The van der Waals surface area contributed by atoms with Crippen molar-refractivity contribution in [3.8, 4) is 5.75 Å². The highest BCUT2D eigenvalue weighted by atomic mass is 32.2. The highest BCUT2D eigenvalue weighted by Crippen LogP contribution is 2.31. The van der Waals surface area contributed by atoms with E-state index in [-0.39, 0.29) is 11.5 Å². The zero-order valence-electron chi connectivity index (χ0n) is 17.3. The summed E-state index contributed by atoms with van der Waals surface area (Å²) in [5, 5.41) is 0. The van der Waals surface area contributed by atoms with E-state index in [9.17, 15) is 22.4 Å². The van der Waals surface area contributed by atoms with Crippen molar-refractivity contribution < 1.29 is 17.5 Å². The fourth-order valence-corrected chi connectivity index (χ4v) is 4.45. The van der Waals surface area contributed by atoms with Gasteiger partial charge in [-0.2, -0.15) is 4.98 Å². The maximum Gasteiger partial charge on any atom is 0.350 e. The minimum Gasteiger partial charge on any atom is -0.490 e. The first kappa shape index (κ1) is 23.1. The molecule has 1 heterocycles. The number of unbranched alkanes of at least 4 members (excludes halogenated alkanes) is 2. The molecular formula is C20H27FN4O5S. The van der Waals surface area contributed by atoms with Crippen molar-refractivity contribution in [2.75, 3.05) is 12.4 Å². The van der Waals surface area contributed by atoms with Gasteiger partial charge in [0.2, 0.25) is 10.0 Å². The van der Waals surface area contributed by atoms with Gasteiger partial charge in [-0.05, 0) is 56.2 Å². The molecule has 0 bridgehead atoms. The van der Waals surface area contributed by atoms with Crippen molar-refractivity contribution in [1.29, 1.82) is 0 Å². The number of ether oxygens (including phenoxy) is 1. The molecule has 1 aliphatic carbocycles. The van der Waals surface area contributed by atoms with E-state index in [1.807, 2.05) is 0 Å². The van der Waals surface area contributed by atoms with E-state index < -0.39 is 33.3 Å². The molecule has 2 N–H and O–H groups in total. The molecule has 1 aliphatic rings. The van der Waals surface area contributed by atoms with Gasteiger partial charge in [-0.15, -0.1) is 0 Å². The van der Waals surface area contributed by atoms with Crippen LogP contribution in [-0.4, -0.2) is 35.3 Å². The van der Waals surface area contributed by atoms with Gasteiger partial charge in [0.05, 0.1) is 12.4 Å². The summed E-state index contributed by atoms with van der Waals surface area (Å²) in [4.78, 5) is 28.1. The minimum absolute atomic E-state index is 0.0671. The summed E-state index contributed by atoms with van der Waals surface area (Å²) in [6, 6.07) is 3.85. The quantitative estimate of drug-likeness (QED) is 0.471. The Labute approximate surface area is 179 Å². The fourth-order valence-electron chi connectivity index (χ4n) is 3.07. The highest BCUT2D eigenvalue weighted by Gasteiger charge is 2.23. The monoisotopic (exact) mass is 454 g/mol. The smallest absolute Gasteiger partial charge is 0.350 e. The summed E-state index contributed by atoms with van der Waals surface area (Å²) in [5.74, 6) is 0.0965.